The summed E-state index contributed by atoms with van der Waals surface area (Å²) in [6.07, 6.45) is 6.04. The van der Waals surface area contributed by atoms with Crippen molar-refractivity contribution in [2.75, 3.05) is 11.0 Å². The van der Waals surface area contributed by atoms with E-state index in [0.717, 1.165) is 23.2 Å². The Morgan fingerprint density at radius 2 is 1.95 bits per heavy atom. The highest BCUT2D eigenvalue weighted by molar-refractivity contribution is 14.1. The molecule has 130 valence electrons. The molecule has 5 heteroatoms. The first kappa shape index (κ1) is 20.0. The number of alkyl carbamates (subject to hydrolysis) is 1. The smallest absolute Gasteiger partial charge is 0.407 e. The summed E-state index contributed by atoms with van der Waals surface area (Å²) in [5.74, 6) is 0.788. The number of hydrogen-bond donors (Lipinski definition) is 1. The minimum absolute atomic E-state index is 0.318. The van der Waals surface area contributed by atoms with Gasteiger partial charge in [0.2, 0.25) is 0 Å². The first-order valence-corrected chi connectivity index (χ1v) is 9.90. The highest BCUT2D eigenvalue weighted by atomic mass is 127. The van der Waals surface area contributed by atoms with Gasteiger partial charge in [-0.15, -0.1) is 0 Å². The predicted molar refractivity (Wildman–Crippen MR) is 98.7 cm³/mol. The fourth-order valence-corrected chi connectivity index (χ4v) is 3.27. The monoisotopic (exact) mass is 425 g/mol. The molecule has 3 unspecified atom stereocenters. The van der Waals surface area contributed by atoms with Crippen molar-refractivity contribution >= 4 is 28.7 Å². The zero-order chi connectivity index (χ0) is 16.8. The van der Waals surface area contributed by atoms with Crippen LogP contribution in [0.5, 0.6) is 0 Å². The first-order valence-electron chi connectivity index (χ1n) is 8.38. The van der Waals surface area contributed by atoms with Crippen molar-refractivity contribution in [3.63, 3.8) is 0 Å². The van der Waals surface area contributed by atoms with Crippen LogP contribution in [0.4, 0.5) is 4.79 Å². The summed E-state index contributed by atoms with van der Waals surface area (Å²) in [6, 6.07) is 0. The Hall–Kier alpha value is -0.0400. The molecule has 1 aliphatic carbocycles. The van der Waals surface area contributed by atoms with Crippen LogP contribution in [-0.2, 0) is 9.47 Å². The third-order valence-electron chi connectivity index (χ3n) is 4.05. The molecule has 0 radical (unpaired) electrons. The van der Waals surface area contributed by atoms with Crippen LogP contribution < -0.4 is 5.32 Å². The molecule has 3 atom stereocenters. The number of hydrogen-bond acceptors (Lipinski definition) is 3. The summed E-state index contributed by atoms with van der Waals surface area (Å²) < 4.78 is 12.5. The molecule has 0 aliphatic heterocycles. The van der Waals surface area contributed by atoms with Crippen molar-refractivity contribution in [1.29, 1.82) is 0 Å². The largest absolute Gasteiger partial charge is 0.444 e. The normalized spacial score (nSPS) is 25.4. The van der Waals surface area contributed by atoms with E-state index < -0.39 is 5.60 Å². The lowest BCUT2D eigenvalue weighted by Gasteiger charge is -2.37. The molecule has 0 bridgehead atoms. The Labute approximate surface area is 149 Å². The summed E-state index contributed by atoms with van der Waals surface area (Å²) in [4.78, 5) is 11.8. The van der Waals surface area contributed by atoms with Gasteiger partial charge in [-0.05, 0) is 46.5 Å². The zero-order valence-corrected chi connectivity index (χ0v) is 16.9. The number of rotatable bonds is 6. The van der Waals surface area contributed by atoms with E-state index in [0.29, 0.717) is 12.6 Å². The second-order valence-corrected chi connectivity index (χ2v) is 8.38. The second kappa shape index (κ2) is 8.71. The molecule has 0 aromatic rings. The Bertz CT molecular complexity index is 356. The minimum Gasteiger partial charge on any atom is -0.444 e. The highest BCUT2D eigenvalue weighted by Gasteiger charge is 2.31. The summed E-state index contributed by atoms with van der Waals surface area (Å²) >= 11 is 2.33. The number of ether oxygens (including phenoxy) is 2. The fraction of sp³-hybridized carbons (Fsp3) is 0.941. The molecule has 1 N–H and O–H groups in total. The van der Waals surface area contributed by atoms with Crippen molar-refractivity contribution in [2.45, 2.75) is 84.0 Å². The molecule has 0 saturated heterocycles. The Morgan fingerprint density at radius 1 is 1.27 bits per heavy atom. The average molecular weight is 425 g/mol. The lowest BCUT2D eigenvalue weighted by molar-refractivity contribution is -0.0861. The van der Waals surface area contributed by atoms with Crippen molar-refractivity contribution in [3.8, 4) is 0 Å². The molecule has 1 fully saturated rings. The molecule has 0 spiro atoms. The predicted octanol–water partition coefficient (Wildman–Crippen LogP) is 4.69. The first-order chi connectivity index (χ1) is 10.2. The van der Waals surface area contributed by atoms with E-state index in [-0.39, 0.29) is 11.7 Å². The van der Waals surface area contributed by atoms with E-state index in [4.69, 9.17) is 9.47 Å². The number of carbonyl (C=O) groups excluding carboxylic acids is 1. The van der Waals surface area contributed by atoms with E-state index in [2.05, 4.69) is 41.8 Å². The van der Waals surface area contributed by atoms with Gasteiger partial charge in [0.05, 0.1) is 18.2 Å². The van der Waals surface area contributed by atoms with Crippen LogP contribution in [0.2, 0.25) is 0 Å². The van der Waals surface area contributed by atoms with E-state index >= 15 is 0 Å². The molecule has 1 saturated carbocycles. The van der Waals surface area contributed by atoms with Gasteiger partial charge in [-0.2, -0.15) is 0 Å². The standard InChI is InChI=1S/C17H32INO3/c1-6-13-8-7-9-14(10-13)21-17(5,11-18)12-19-15(20)22-16(2,3)4/h13-14H,6-12H2,1-5H3,(H,19,20). The summed E-state index contributed by atoms with van der Waals surface area (Å²) in [6.45, 7) is 10.4. The van der Waals surface area contributed by atoms with Crippen LogP contribution in [0.15, 0.2) is 0 Å². The number of halogens is 1. The molecule has 4 nitrogen and oxygen atoms in total. The number of alkyl halides is 1. The Kier molecular flexibility index (Phi) is 7.92. The Balaban J connectivity index is 2.48. The quantitative estimate of drug-likeness (QED) is 0.496. The second-order valence-electron chi connectivity index (χ2n) is 7.62. The fourth-order valence-electron chi connectivity index (χ4n) is 2.82. The van der Waals surface area contributed by atoms with Gasteiger partial charge >= 0.3 is 6.09 Å². The lowest BCUT2D eigenvalue weighted by atomic mass is 9.85. The third-order valence-corrected chi connectivity index (χ3v) is 5.67. The van der Waals surface area contributed by atoms with Crippen LogP contribution in [0, 0.1) is 5.92 Å². The van der Waals surface area contributed by atoms with Crippen LogP contribution in [0.3, 0.4) is 0 Å². The molecular weight excluding hydrogens is 393 g/mol. The van der Waals surface area contributed by atoms with E-state index in [1.165, 1.54) is 19.3 Å². The maximum atomic E-state index is 11.8. The molecule has 0 aromatic heterocycles. The summed E-state index contributed by atoms with van der Waals surface area (Å²) in [5.41, 5.74) is -0.804. The molecule has 1 aliphatic rings. The van der Waals surface area contributed by atoms with E-state index in [9.17, 15) is 4.79 Å². The SMILES string of the molecule is CCC1CCCC(OC(C)(CI)CNC(=O)OC(C)(C)C)C1. The molecular formula is C17H32INO3. The van der Waals surface area contributed by atoms with E-state index in [1.54, 1.807) is 0 Å². The van der Waals surface area contributed by atoms with Gasteiger partial charge < -0.3 is 14.8 Å². The Morgan fingerprint density at radius 3 is 2.50 bits per heavy atom. The van der Waals surface area contributed by atoms with Gasteiger partial charge in [0.1, 0.15) is 5.60 Å². The van der Waals surface area contributed by atoms with Crippen molar-refractivity contribution in [1.82, 2.24) is 5.32 Å². The maximum absolute atomic E-state index is 11.8. The number of amides is 1. The summed E-state index contributed by atoms with van der Waals surface area (Å²) in [5, 5.41) is 2.85. The van der Waals surface area contributed by atoms with Crippen molar-refractivity contribution in [2.24, 2.45) is 5.92 Å². The van der Waals surface area contributed by atoms with Gasteiger partial charge in [-0.3, -0.25) is 0 Å². The lowest BCUT2D eigenvalue weighted by Crippen LogP contribution is -2.48. The van der Waals surface area contributed by atoms with Crippen LogP contribution in [0.1, 0.15) is 66.7 Å². The number of carbonyl (C=O) groups is 1. The topological polar surface area (TPSA) is 47.6 Å². The average Bonchev–Trinajstić information content (AvgIpc) is 2.44. The van der Waals surface area contributed by atoms with Gasteiger partial charge in [0.15, 0.2) is 0 Å². The van der Waals surface area contributed by atoms with Crippen LogP contribution >= 0.6 is 22.6 Å². The van der Waals surface area contributed by atoms with Crippen LogP contribution in [0.25, 0.3) is 0 Å². The molecule has 0 aromatic carbocycles. The highest BCUT2D eigenvalue weighted by Crippen LogP contribution is 2.31. The molecule has 22 heavy (non-hydrogen) atoms. The summed E-state index contributed by atoms with van der Waals surface area (Å²) in [7, 11) is 0. The zero-order valence-electron chi connectivity index (χ0n) is 14.7. The maximum Gasteiger partial charge on any atom is 0.407 e. The van der Waals surface area contributed by atoms with Gasteiger partial charge in [0, 0.05) is 4.43 Å². The molecule has 0 heterocycles. The van der Waals surface area contributed by atoms with Crippen LogP contribution in [-0.4, -0.2) is 34.4 Å². The number of nitrogens with one attached hydrogen (secondary N) is 1. The van der Waals surface area contributed by atoms with Gasteiger partial charge in [-0.25, -0.2) is 4.79 Å². The molecule has 1 rings (SSSR count). The third kappa shape index (κ3) is 7.49. The van der Waals surface area contributed by atoms with Gasteiger partial charge in [0.25, 0.3) is 0 Å². The van der Waals surface area contributed by atoms with Crippen molar-refractivity contribution in [3.05, 3.63) is 0 Å². The molecule has 1 amide bonds. The van der Waals surface area contributed by atoms with Crippen molar-refractivity contribution < 1.29 is 14.3 Å². The minimum atomic E-state index is -0.469. The van der Waals surface area contributed by atoms with Gasteiger partial charge in [-0.1, -0.05) is 48.8 Å². The van der Waals surface area contributed by atoms with E-state index in [1.807, 2.05) is 20.8 Å².